The van der Waals surface area contributed by atoms with E-state index >= 15 is 0 Å². The molecule has 0 atom stereocenters. The molecule has 15 nitrogen and oxygen atoms in total. The van der Waals surface area contributed by atoms with Gasteiger partial charge in [0.1, 0.15) is 29.6 Å². The molecule has 4 aromatic carbocycles. The number of carbonyl (C=O) groups excluding carboxylic acids is 5. The Kier molecular flexibility index (Phi) is 21.7. The van der Waals surface area contributed by atoms with Gasteiger partial charge in [-0.05, 0) is 78.9 Å². The van der Waals surface area contributed by atoms with Gasteiger partial charge in [-0.2, -0.15) is 5.10 Å². The van der Waals surface area contributed by atoms with Crippen LogP contribution in [0.4, 0.5) is 5.13 Å². The van der Waals surface area contributed by atoms with Crippen LogP contribution in [0.3, 0.4) is 0 Å². The maximum absolute atomic E-state index is 13.3. The van der Waals surface area contributed by atoms with Crippen molar-refractivity contribution in [3.63, 3.8) is 0 Å². The molecule has 0 aliphatic heterocycles. The highest BCUT2D eigenvalue weighted by Crippen LogP contribution is 2.30. The molecule has 0 N–H and O–H groups in total. The van der Waals surface area contributed by atoms with Crippen LogP contribution in [0.25, 0.3) is 10.2 Å². The Morgan fingerprint density at radius 1 is 0.639 bits per heavy atom. The first kappa shape index (κ1) is 51.4. The summed E-state index contributed by atoms with van der Waals surface area (Å²) in [5, 5.41) is 6.60. The van der Waals surface area contributed by atoms with Crippen LogP contribution in [0.15, 0.2) is 134 Å². The quantitative estimate of drug-likeness (QED) is 0.0146. The molecule has 0 saturated heterocycles. The zero-order chi connectivity index (χ0) is 40.6. The molecule has 1 heterocycles. The molecule has 5 rings (SSSR count). The summed E-state index contributed by atoms with van der Waals surface area (Å²) >= 11 is 1.35. The van der Waals surface area contributed by atoms with Crippen molar-refractivity contribution < 1.29 is 57.1 Å². The van der Waals surface area contributed by atoms with Crippen molar-refractivity contribution in [3.8, 4) is 23.0 Å². The Morgan fingerprint density at radius 2 is 1.15 bits per heavy atom. The number of ether oxygens (including phenoxy) is 7. The SMILES string of the molecule is C.C.C.C.C=CC(=O)OCCN(/N=C/c1cc(OC(=O)c2ccc(OCOC(=O)C=C)cc2)ccc1OC(=O)c1ccc(OCOC(=O)C=C)cc1)c1nc2ccccc2s1. The minimum Gasteiger partial charge on any atom is -0.461 e. The van der Waals surface area contributed by atoms with E-state index in [1.807, 2.05) is 24.3 Å². The summed E-state index contributed by atoms with van der Waals surface area (Å²) in [7, 11) is 0. The maximum atomic E-state index is 13.3. The standard InChI is InChI=1S/C41H33N3O12S.4CH4/c1-4-36(45)50-22-21-44(41-43-33-9-7-8-10-35(33)57-41)42-24-29-23-32(55-39(48)27-11-15-30(16-12-27)51-25-53-37(46)5-2)19-20-34(29)56-40(49)28-13-17-31(18-14-28)52-26-54-38(47)6-3;;;;/h4-20,23-24H,1-3,21-22,25-26H2;4*1H4/b42-24+;;;;. The van der Waals surface area contributed by atoms with Gasteiger partial charge in [0.2, 0.25) is 18.7 Å². The van der Waals surface area contributed by atoms with Crippen LogP contribution < -0.4 is 24.0 Å². The number of fused-ring (bicyclic) bond motifs is 1. The molecular formula is C45H49N3O12S. The zero-order valence-electron chi connectivity index (χ0n) is 30.1. The van der Waals surface area contributed by atoms with E-state index in [-0.39, 0.29) is 84.6 Å². The van der Waals surface area contributed by atoms with Gasteiger partial charge in [0.25, 0.3) is 0 Å². The minimum absolute atomic E-state index is 0. The van der Waals surface area contributed by atoms with Crippen LogP contribution in [0.5, 0.6) is 23.0 Å². The highest BCUT2D eigenvalue weighted by atomic mass is 32.1. The normalized spacial score (nSPS) is 9.84. The lowest BCUT2D eigenvalue weighted by atomic mass is 10.2. The number of thiazole rings is 1. The van der Waals surface area contributed by atoms with E-state index in [1.165, 1.54) is 89.3 Å². The second-order valence-corrected chi connectivity index (χ2v) is 12.1. The second kappa shape index (κ2) is 25.7. The molecule has 0 radical (unpaired) electrons. The van der Waals surface area contributed by atoms with Gasteiger partial charge in [-0.15, -0.1) is 0 Å². The van der Waals surface area contributed by atoms with Gasteiger partial charge in [0, 0.05) is 23.8 Å². The average Bonchev–Trinajstić information content (AvgIpc) is 3.67. The number of nitrogens with zero attached hydrogens (tertiary/aromatic N) is 3. The molecule has 0 fully saturated rings. The van der Waals surface area contributed by atoms with Crippen molar-refractivity contribution in [2.45, 2.75) is 29.7 Å². The largest absolute Gasteiger partial charge is 0.461 e. The Bertz CT molecular complexity index is 2270. The fourth-order valence-corrected chi connectivity index (χ4v) is 5.46. The number of para-hydroxylation sites is 1. The van der Waals surface area contributed by atoms with E-state index in [1.54, 1.807) is 0 Å². The van der Waals surface area contributed by atoms with Crippen LogP contribution >= 0.6 is 11.3 Å². The van der Waals surface area contributed by atoms with E-state index < -0.39 is 29.8 Å². The number of benzene rings is 4. The number of carbonyl (C=O) groups is 5. The predicted octanol–water partition coefficient (Wildman–Crippen LogP) is 8.98. The molecule has 0 aliphatic carbocycles. The van der Waals surface area contributed by atoms with Crippen molar-refractivity contribution >= 4 is 62.7 Å². The van der Waals surface area contributed by atoms with Gasteiger partial charge in [-0.3, -0.25) is 0 Å². The molecule has 0 aliphatic rings. The van der Waals surface area contributed by atoms with Crippen molar-refractivity contribution in [2.24, 2.45) is 5.10 Å². The van der Waals surface area contributed by atoms with E-state index in [0.717, 1.165) is 28.4 Å². The van der Waals surface area contributed by atoms with Crippen LogP contribution in [0.1, 0.15) is 56.0 Å². The molecule has 5 aromatic rings. The predicted molar refractivity (Wildman–Crippen MR) is 235 cm³/mol. The highest BCUT2D eigenvalue weighted by Gasteiger charge is 2.17. The first-order valence-electron chi connectivity index (χ1n) is 16.7. The fourth-order valence-electron chi connectivity index (χ4n) is 4.51. The van der Waals surface area contributed by atoms with Crippen molar-refractivity contribution in [3.05, 3.63) is 146 Å². The average molecular weight is 856 g/mol. The third-order valence-corrected chi connectivity index (χ3v) is 8.36. The van der Waals surface area contributed by atoms with E-state index in [0.29, 0.717) is 16.6 Å². The Hall–Kier alpha value is -7.59. The number of hydrazone groups is 1. The molecule has 0 bridgehead atoms. The Balaban J connectivity index is 0.00000465. The first-order chi connectivity index (χ1) is 27.6. The molecule has 61 heavy (non-hydrogen) atoms. The van der Waals surface area contributed by atoms with Crippen LogP contribution in [-0.2, 0) is 28.6 Å². The number of hydrogen-bond donors (Lipinski definition) is 0. The summed E-state index contributed by atoms with van der Waals surface area (Å²) in [6.07, 6.45) is 4.44. The van der Waals surface area contributed by atoms with E-state index in [9.17, 15) is 24.0 Å². The third-order valence-electron chi connectivity index (χ3n) is 7.32. The number of aromatic nitrogens is 1. The highest BCUT2D eigenvalue weighted by molar-refractivity contribution is 7.22. The lowest BCUT2D eigenvalue weighted by Crippen LogP contribution is -2.23. The second-order valence-electron chi connectivity index (χ2n) is 11.1. The van der Waals surface area contributed by atoms with Crippen molar-refractivity contribution in [2.75, 3.05) is 31.7 Å². The minimum atomic E-state index is -0.736. The molecule has 1 aromatic heterocycles. The summed E-state index contributed by atoms with van der Waals surface area (Å²) in [6, 6.07) is 23.6. The zero-order valence-corrected chi connectivity index (χ0v) is 30.9. The molecule has 322 valence electrons. The lowest BCUT2D eigenvalue weighted by molar-refractivity contribution is -0.145. The van der Waals surface area contributed by atoms with Gasteiger partial charge >= 0.3 is 29.8 Å². The molecule has 0 spiro atoms. The first-order valence-corrected chi connectivity index (χ1v) is 17.6. The molecule has 16 heteroatoms. The number of rotatable bonds is 19. The molecule has 0 saturated carbocycles. The molecule has 0 amide bonds. The van der Waals surface area contributed by atoms with Gasteiger partial charge in [-0.1, -0.05) is 72.9 Å². The Labute approximate surface area is 359 Å². The van der Waals surface area contributed by atoms with Crippen LogP contribution in [0, 0.1) is 0 Å². The number of hydrogen-bond acceptors (Lipinski definition) is 16. The van der Waals surface area contributed by atoms with Gasteiger partial charge in [-0.25, -0.2) is 34.0 Å². The van der Waals surface area contributed by atoms with Crippen LogP contribution in [0.2, 0.25) is 0 Å². The monoisotopic (exact) mass is 855 g/mol. The topological polar surface area (TPSA) is 178 Å². The van der Waals surface area contributed by atoms with Crippen molar-refractivity contribution in [1.29, 1.82) is 0 Å². The van der Waals surface area contributed by atoms with Crippen molar-refractivity contribution in [1.82, 2.24) is 4.98 Å². The number of esters is 5. The molecular weight excluding hydrogens is 807 g/mol. The van der Waals surface area contributed by atoms with E-state index in [4.69, 9.17) is 33.2 Å². The lowest BCUT2D eigenvalue weighted by Gasteiger charge is -2.16. The van der Waals surface area contributed by atoms with Gasteiger partial charge < -0.3 is 33.2 Å². The smallest absolute Gasteiger partial charge is 0.343 e. The summed E-state index contributed by atoms with van der Waals surface area (Å²) in [6.45, 7) is 9.38. The van der Waals surface area contributed by atoms with E-state index in [2.05, 4.69) is 29.8 Å². The summed E-state index contributed by atoms with van der Waals surface area (Å²) in [4.78, 5) is 65.4. The summed E-state index contributed by atoms with van der Waals surface area (Å²) < 4.78 is 37.8. The Morgan fingerprint density at radius 3 is 1.69 bits per heavy atom. The molecule has 0 unspecified atom stereocenters. The van der Waals surface area contributed by atoms with Crippen LogP contribution in [-0.4, -0.2) is 67.8 Å². The third kappa shape index (κ3) is 15.3. The van der Waals surface area contributed by atoms with Gasteiger partial charge in [0.05, 0.1) is 34.1 Å². The fraction of sp³-hybridized carbons (Fsp3) is 0.178. The van der Waals surface area contributed by atoms with Gasteiger partial charge in [0.15, 0.2) is 0 Å². The maximum Gasteiger partial charge on any atom is 0.343 e. The number of anilines is 1. The summed E-state index contributed by atoms with van der Waals surface area (Å²) in [5.41, 5.74) is 1.30. The summed E-state index contributed by atoms with van der Waals surface area (Å²) in [5.74, 6) is -2.56.